The van der Waals surface area contributed by atoms with Crippen LogP contribution >= 0.6 is 0 Å². The highest BCUT2D eigenvalue weighted by molar-refractivity contribution is 6.07. The van der Waals surface area contributed by atoms with Crippen molar-refractivity contribution >= 4 is 11.9 Å². The first-order chi connectivity index (χ1) is 16.6. The number of rotatable bonds is 2. The van der Waals surface area contributed by atoms with Crippen LogP contribution in [0, 0.1) is 0 Å². The standard InChI is InChI=1S/C26H31F3N2O4/c1-16-13-21(6-12-34-16)30-10-7-25(8-11-30)22(17(2)24(33)35-25)23(32)31-9-5-18-3-4-20(26(27,28)29)14-19(18)15-31/h3-4,14,16,21H,5-13,15H2,1-2H3. The zero-order chi connectivity index (χ0) is 25.0. The number of likely N-dealkylation sites (tertiary alicyclic amines) is 1. The van der Waals surface area contributed by atoms with E-state index in [2.05, 4.69) is 11.8 Å². The Balaban J connectivity index is 1.34. The predicted molar refractivity (Wildman–Crippen MR) is 121 cm³/mol. The van der Waals surface area contributed by atoms with Crippen LogP contribution in [0.1, 0.15) is 56.2 Å². The number of amides is 1. The topological polar surface area (TPSA) is 59.1 Å². The van der Waals surface area contributed by atoms with Gasteiger partial charge in [-0.05, 0) is 56.4 Å². The van der Waals surface area contributed by atoms with E-state index in [0.29, 0.717) is 61.6 Å². The van der Waals surface area contributed by atoms with Crippen LogP contribution in [0.2, 0.25) is 0 Å². The largest absolute Gasteiger partial charge is 0.450 e. The Morgan fingerprint density at radius 1 is 1.14 bits per heavy atom. The van der Waals surface area contributed by atoms with Crippen LogP contribution in [0.3, 0.4) is 0 Å². The van der Waals surface area contributed by atoms with E-state index in [9.17, 15) is 22.8 Å². The Morgan fingerprint density at radius 3 is 2.57 bits per heavy atom. The van der Waals surface area contributed by atoms with Crippen LogP contribution in [-0.2, 0) is 38.2 Å². The first-order valence-corrected chi connectivity index (χ1v) is 12.4. The maximum atomic E-state index is 13.7. The van der Waals surface area contributed by atoms with Crippen LogP contribution in [0.25, 0.3) is 0 Å². The molecule has 0 radical (unpaired) electrons. The molecule has 1 aromatic rings. The van der Waals surface area contributed by atoms with Gasteiger partial charge in [0.1, 0.15) is 5.60 Å². The highest BCUT2D eigenvalue weighted by Crippen LogP contribution is 2.43. The highest BCUT2D eigenvalue weighted by Gasteiger charge is 2.52. The lowest BCUT2D eigenvalue weighted by Gasteiger charge is -2.44. The van der Waals surface area contributed by atoms with E-state index in [1.807, 2.05) is 0 Å². The number of fused-ring (bicyclic) bond motifs is 1. The molecule has 0 aromatic heterocycles. The van der Waals surface area contributed by atoms with Crippen molar-refractivity contribution in [2.75, 3.05) is 26.2 Å². The third-order valence-corrected chi connectivity index (χ3v) is 8.05. The summed E-state index contributed by atoms with van der Waals surface area (Å²) in [6, 6.07) is 4.14. The van der Waals surface area contributed by atoms with E-state index in [4.69, 9.17) is 9.47 Å². The summed E-state index contributed by atoms with van der Waals surface area (Å²) in [7, 11) is 0. The Labute approximate surface area is 203 Å². The minimum atomic E-state index is -4.44. The van der Waals surface area contributed by atoms with Crippen LogP contribution < -0.4 is 0 Å². The summed E-state index contributed by atoms with van der Waals surface area (Å²) < 4.78 is 51.2. The zero-order valence-corrected chi connectivity index (χ0v) is 20.1. The molecule has 2 fully saturated rings. The number of halogens is 3. The van der Waals surface area contributed by atoms with Crippen molar-refractivity contribution in [1.82, 2.24) is 9.80 Å². The summed E-state index contributed by atoms with van der Waals surface area (Å²) in [5.41, 5.74) is 0.350. The van der Waals surface area contributed by atoms with E-state index < -0.39 is 23.3 Å². The molecule has 6 nitrogen and oxygen atoms in total. The molecule has 2 unspecified atom stereocenters. The van der Waals surface area contributed by atoms with Gasteiger partial charge in [-0.3, -0.25) is 9.69 Å². The SMILES string of the molecule is CC1=C(C(=O)N2CCc3ccc(C(F)(F)F)cc3C2)C2(CCN(C3CCOC(C)C3)CC2)OC1=O. The Morgan fingerprint density at radius 2 is 1.89 bits per heavy atom. The van der Waals surface area contributed by atoms with Gasteiger partial charge in [-0.1, -0.05) is 6.07 Å². The third kappa shape index (κ3) is 4.48. The van der Waals surface area contributed by atoms with Crippen molar-refractivity contribution in [3.05, 3.63) is 46.0 Å². The molecule has 0 bridgehead atoms. The molecule has 4 aliphatic heterocycles. The highest BCUT2D eigenvalue weighted by atomic mass is 19.4. The summed E-state index contributed by atoms with van der Waals surface area (Å²) in [6.45, 7) is 6.34. The summed E-state index contributed by atoms with van der Waals surface area (Å²) >= 11 is 0. The molecule has 1 aromatic carbocycles. The first kappa shape index (κ1) is 24.3. The summed E-state index contributed by atoms with van der Waals surface area (Å²) in [5.74, 6) is -0.775. The number of hydrogen-bond acceptors (Lipinski definition) is 5. The van der Waals surface area contributed by atoms with E-state index in [1.165, 1.54) is 6.07 Å². The van der Waals surface area contributed by atoms with Crippen LogP contribution in [-0.4, -0.2) is 65.7 Å². The molecule has 4 heterocycles. The summed E-state index contributed by atoms with van der Waals surface area (Å²) in [4.78, 5) is 30.3. The Kier molecular flexibility index (Phi) is 6.20. The average molecular weight is 493 g/mol. The van der Waals surface area contributed by atoms with Gasteiger partial charge in [-0.25, -0.2) is 4.79 Å². The van der Waals surface area contributed by atoms with Gasteiger partial charge in [-0.2, -0.15) is 13.2 Å². The number of ether oxygens (including phenoxy) is 2. The molecule has 0 N–H and O–H groups in total. The lowest BCUT2D eigenvalue weighted by Crippen LogP contribution is -2.53. The molecule has 2 atom stereocenters. The van der Waals surface area contributed by atoms with Gasteiger partial charge >= 0.3 is 12.1 Å². The fraction of sp³-hybridized carbons (Fsp3) is 0.615. The first-order valence-electron chi connectivity index (χ1n) is 12.4. The predicted octanol–water partition coefficient (Wildman–Crippen LogP) is 3.87. The lowest BCUT2D eigenvalue weighted by atomic mass is 9.81. The number of carbonyl (C=O) groups excluding carboxylic acids is 2. The van der Waals surface area contributed by atoms with Crippen molar-refractivity contribution in [2.45, 2.75) is 76.4 Å². The van der Waals surface area contributed by atoms with Crippen molar-refractivity contribution in [2.24, 2.45) is 0 Å². The molecule has 0 aliphatic carbocycles. The van der Waals surface area contributed by atoms with E-state index >= 15 is 0 Å². The fourth-order valence-electron chi connectivity index (χ4n) is 6.08. The number of alkyl halides is 3. The monoisotopic (exact) mass is 492 g/mol. The van der Waals surface area contributed by atoms with Crippen molar-refractivity contribution in [3.63, 3.8) is 0 Å². The molecule has 4 aliphatic rings. The van der Waals surface area contributed by atoms with Crippen molar-refractivity contribution in [3.8, 4) is 0 Å². The number of hydrogen-bond donors (Lipinski definition) is 0. The van der Waals surface area contributed by atoms with Crippen LogP contribution in [0.4, 0.5) is 13.2 Å². The second-order valence-electron chi connectivity index (χ2n) is 10.2. The maximum Gasteiger partial charge on any atom is 0.416 e. The number of nitrogens with zero attached hydrogens (tertiary/aromatic N) is 2. The van der Waals surface area contributed by atoms with Gasteiger partial charge in [0.15, 0.2) is 0 Å². The summed E-state index contributed by atoms with van der Waals surface area (Å²) in [6.07, 6.45) is -0.758. The van der Waals surface area contributed by atoms with Crippen LogP contribution in [0.5, 0.6) is 0 Å². The molecule has 1 spiro atoms. The third-order valence-electron chi connectivity index (χ3n) is 8.05. The van der Waals surface area contributed by atoms with Gasteiger partial charge in [-0.15, -0.1) is 0 Å². The maximum absolute atomic E-state index is 13.7. The second-order valence-corrected chi connectivity index (χ2v) is 10.2. The molecule has 2 saturated heterocycles. The van der Waals surface area contributed by atoms with Gasteiger partial charge in [0.05, 0.1) is 17.2 Å². The molecule has 9 heteroatoms. The Hall–Kier alpha value is -2.39. The average Bonchev–Trinajstić information content (AvgIpc) is 3.06. The number of esters is 1. The van der Waals surface area contributed by atoms with E-state index in [1.54, 1.807) is 11.8 Å². The van der Waals surface area contributed by atoms with Crippen LogP contribution in [0.15, 0.2) is 29.3 Å². The molecular formula is C26H31F3N2O4. The van der Waals surface area contributed by atoms with Gasteiger partial charge in [0, 0.05) is 57.2 Å². The van der Waals surface area contributed by atoms with E-state index in [-0.39, 0.29) is 18.6 Å². The minimum Gasteiger partial charge on any atom is -0.450 e. The van der Waals surface area contributed by atoms with Gasteiger partial charge in [0.25, 0.3) is 5.91 Å². The summed E-state index contributed by atoms with van der Waals surface area (Å²) in [5, 5.41) is 0. The molecule has 35 heavy (non-hydrogen) atoms. The smallest absolute Gasteiger partial charge is 0.416 e. The number of piperidine rings is 1. The van der Waals surface area contributed by atoms with Crippen molar-refractivity contribution in [1.29, 1.82) is 0 Å². The minimum absolute atomic E-state index is 0.0885. The van der Waals surface area contributed by atoms with E-state index in [0.717, 1.165) is 37.1 Å². The van der Waals surface area contributed by atoms with Gasteiger partial charge < -0.3 is 14.4 Å². The number of benzene rings is 1. The quantitative estimate of drug-likeness (QED) is 0.587. The molecule has 5 rings (SSSR count). The lowest BCUT2D eigenvalue weighted by molar-refractivity contribution is -0.152. The number of carbonyl (C=O) groups is 2. The van der Waals surface area contributed by atoms with Gasteiger partial charge in [0.2, 0.25) is 0 Å². The molecular weight excluding hydrogens is 461 g/mol. The normalized spacial score (nSPS) is 27.2. The van der Waals surface area contributed by atoms with Crippen molar-refractivity contribution < 1.29 is 32.2 Å². The Bertz CT molecular complexity index is 1060. The molecule has 190 valence electrons. The second kappa shape index (κ2) is 8.92. The fourth-order valence-corrected chi connectivity index (χ4v) is 6.08. The molecule has 0 saturated carbocycles. The molecule has 1 amide bonds. The zero-order valence-electron chi connectivity index (χ0n) is 20.1.